The molecule has 104 valence electrons. The Morgan fingerprint density at radius 2 is 1.58 bits per heavy atom. The van der Waals surface area contributed by atoms with Crippen LogP contribution in [0.1, 0.15) is 36.0 Å². The summed E-state index contributed by atoms with van der Waals surface area (Å²) in [4.78, 5) is 11.8. The lowest BCUT2D eigenvalue weighted by molar-refractivity contribution is -0.119. The molecule has 1 atom stereocenters. The summed E-state index contributed by atoms with van der Waals surface area (Å²) < 4.78 is 16.5. The number of carbonyl (C=O) groups is 1. The molecule has 0 radical (unpaired) electrons. The third kappa shape index (κ3) is 2.05. The summed E-state index contributed by atoms with van der Waals surface area (Å²) in [6.45, 7) is 3.96. The highest BCUT2D eigenvalue weighted by Crippen LogP contribution is 2.49. The molecule has 19 heavy (non-hydrogen) atoms. The molecule has 0 amide bonds. The summed E-state index contributed by atoms with van der Waals surface area (Å²) >= 11 is 0. The average molecular weight is 264 g/mol. The van der Waals surface area contributed by atoms with E-state index in [9.17, 15) is 4.79 Å². The number of carbonyl (C=O) groups excluding carboxylic acids is 1. The second-order valence-corrected chi connectivity index (χ2v) is 4.94. The van der Waals surface area contributed by atoms with Gasteiger partial charge in [-0.2, -0.15) is 0 Å². The zero-order chi connectivity index (χ0) is 14.2. The lowest BCUT2D eigenvalue weighted by Crippen LogP contribution is -2.19. The number of hydrogen-bond acceptors (Lipinski definition) is 4. The number of hydrogen-bond donors (Lipinski definition) is 0. The fourth-order valence-electron chi connectivity index (χ4n) is 3.02. The van der Waals surface area contributed by atoms with Gasteiger partial charge in [0.05, 0.1) is 21.3 Å². The van der Waals surface area contributed by atoms with Crippen molar-refractivity contribution in [3.8, 4) is 17.2 Å². The molecule has 0 aliphatic heterocycles. The van der Waals surface area contributed by atoms with Gasteiger partial charge in [-0.15, -0.1) is 0 Å². The predicted molar refractivity (Wildman–Crippen MR) is 72.6 cm³/mol. The van der Waals surface area contributed by atoms with E-state index in [0.29, 0.717) is 18.6 Å². The zero-order valence-corrected chi connectivity index (χ0v) is 12.1. The fraction of sp³-hybridized carbons (Fsp3) is 0.533. The molecule has 0 fully saturated rings. The maximum Gasteiger partial charge on any atom is 0.167 e. The molecule has 0 saturated heterocycles. The molecular weight excluding hydrogens is 244 g/mol. The molecule has 0 N–H and O–H groups in total. The Kier molecular flexibility index (Phi) is 3.69. The largest absolute Gasteiger partial charge is 0.496 e. The van der Waals surface area contributed by atoms with E-state index >= 15 is 0 Å². The molecule has 1 aliphatic carbocycles. The van der Waals surface area contributed by atoms with Crippen molar-refractivity contribution in [2.75, 3.05) is 21.3 Å². The highest BCUT2D eigenvalue weighted by Gasteiger charge is 2.32. The third-order valence-electron chi connectivity index (χ3n) is 3.74. The van der Waals surface area contributed by atoms with Crippen LogP contribution in [0.3, 0.4) is 0 Å². The number of ether oxygens (including phenoxy) is 3. The van der Waals surface area contributed by atoms with Crippen molar-refractivity contribution in [3.05, 3.63) is 16.7 Å². The van der Waals surface area contributed by atoms with E-state index in [1.54, 1.807) is 21.3 Å². The minimum Gasteiger partial charge on any atom is -0.496 e. The van der Waals surface area contributed by atoms with E-state index in [0.717, 1.165) is 28.2 Å². The minimum absolute atomic E-state index is 0.120. The molecule has 0 saturated carbocycles. The average Bonchev–Trinajstić information content (AvgIpc) is 2.37. The number of fused-ring (bicyclic) bond motifs is 1. The molecule has 0 heterocycles. The van der Waals surface area contributed by atoms with Crippen LogP contribution >= 0.6 is 0 Å². The van der Waals surface area contributed by atoms with Crippen molar-refractivity contribution in [2.24, 2.45) is 0 Å². The van der Waals surface area contributed by atoms with Crippen LogP contribution in [0.25, 0.3) is 0 Å². The molecule has 0 unspecified atom stereocenters. The van der Waals surface area contributed by atoms with E-state index in [-0.39, 0.29) is 11.7 Å². The van der Waals surface area contributed by atoms with E-state index in [2.05, 4.69) is 0 Å². The molecule has 2 rings (SSSR count). The van der Waals surface area contributed by atoms with Crippen LogP contribution in [0.15, 0.2) is 0 Å². The molecule has 4 nitrogen and oxygen atoms in total. The number of methoxy groups -OCH3 is 3. The van der Waals surface area contributed by atoms with E-state index in [4.69, 9.17) is 14.2 Å². The van der Waals surface area contributed by atoms with Crippen molar-refractivity contribution in [1.29, 1.82) is 0 Å². The summed E-state index contributed by atoms with van der Waals surface area (Å²) in [5.74, 6) is 2.53. The zero-order valence-electron chi connectivity index (χ0n) is 12.1. The van der Waals surface area contributed by atoms with Gasteiger partial charge in [-0.3, -0.25) is 4.79 Å². The topological polar surface area (TPSA) is 44.8 Å². The number of benzene rings is 1. The summed E-state index contributed by atoms with van der Waals surface area (Å²) in [6, 6.07) is 0. The minimum atomic E-state index is 0.120. The Bertz CT molecular complexity index is 520. The smallest absolute Gasteiger partial charge is 0.167 e. The van der Waals surface area contributed by atoms with Crippen molar-refractivity contribution in [2.45, 2.75) is 32.6 Å². The van der Waals surface area contributed by atoms with Gasteiger partial charge in [-0.1, -0.05) is 6.92 Å². The summed E-state index contributed by atoms with van der Waals surface area (Å²) in [6.07, 6.45) is 0.947. The van der Waals surface area contributed by atoms with Crippen molar-refractivity contribution in [3.63, 3.8) is 0 Å². The Morgan fingerprint density at radius 3 is 2.11 bits per heavy atom. The maximum absolute atomic E-state index is 11.8. The molecule has 4 heteroatoms. The van der Waals surface area contributed by atoms with Crippen LogP contribution in [-0.2, 0) is 11.2 Å². The Labute approximate surface area is 113 Å². The SMILES string of the molecule is COc1c(C)c(OC)c(OC)c2c1CC(=O)C[C@@H]2C. The summed E-state index contributed by atoms with van der Waals surface area (Å²) in [5.41, 5.74) is 2.87. The standard InChI is InChI=1S/C15H20O4/c1-8-6-10(16)7-11-12(8)15(19-5)14(18-4)9(2)13(11)17-3/h8H,6-7H2,1-5H3/t8-/m0/s1. The first-order valence-corrected chi connectivity index (χ1v) is 6.38. The molecule has 0 aromatic heterocycles. The molecular formula is C15H20O4. The van der Waals surface area contributed by atoms with Gasteiger partial charge < -0.3 is 14.2 Å². The van der Waals surface area contributed by atoms with E-state index in [1.807, 2.05) is 13.8 Å². The van der Waals surface area contributed by atoms with Gasteiger partial charge in [0.2, 0.25) is 0 Å². The van der Waals surface area contributed by atoms with Crippen LogP contribution in [0, 0.1) is 6.92 Å². The van der Waals surface area contributed by atoms with Gasteiger partial charge in [0.15, 0.2) is 11.5 Å². The van der Waals surface area contributed by atoms with Crippen molar-refractivity contribution in [1.82, 2.24) is 0 Å². The molecule has 1 aromatic carbocycles. The van der Waals surface area contributed by atoms with Crippen molar-refractivity contribution < 1.29 is 19.0 Å². The van der Waals surface area contributed by atoms with Crippen LogP contribution in [0.5, 0.6) is 17.2 Å². The second kappa shape index (κ2) is 5.11. The highest BCUT2D eigenvalue weighted by molar-refractivity contribution is 5.86. The summed E-state index contributed by atoms with van der Waals surface area (Å²) in [7, 11) is 4.88. The first-order valence-electron chi connectivity index (χ1n) is 6.38. The predicted octanol–water partition coefficient (Wildman–Crippen LogP) is 2.64. The second-order valence-electron chi connectivity index (χ2n) is 4.94. The number of Topliss-reactive ketones (excluding diaryl/α,β-unsaturated/α-hetero) is 1. The third-order valence-corrected chi connectivity index (χ3v) is 3.74. The van der Waals surface area contributed by atoms with E-state index < -0.39 is 0 Å². The molecule has 0 bridgehead atoms. The Balaban J connectivity index is 2.80. The number of ketones is 1. The highest BCUT2D eigenvalue weighted by atomic mass is 16.5. The van der Waals surface area contributed by atoms with Gasteiger partial charge in [0, 0.05) is 29.5 Å². The molecule has 1 aliphatic rings. The first-order chi connectivity index (χ1) is 9.04. The fourth-order valence-corrected chi connectivity index (χ4v) is 3.02. The lowest BCUT2D eigenvalue weighted by Gasteiger charge is -2.28. The van der Waals surface area contributed by atoms with Crippen LogP contribution in [0.2, 0.25) is 0 Å². The van der Waals surface area contributed by atoms with Gasteiger partial charge >= 0.3 is 0 Å². The lowest BCUT2D eigenvalue weighted by atomic mass is 9.80. The quantitative estimate of drug-likeness (QED) is 0.842. The normalized spacial score (nSPS) is 17.9. The van der Waals surface area contributed by atoms with Gasteiger partial charge in [0.25, 0.3) is 0 Å². The monoisotopic (exact) mass is 264 g/mol. The molecule has 0 spiro atoms. The van der Waals surface area contributed by atoms with Crippen LogP contribution in [0.4, 0.5) is 0 Å². The van der Waals surface area contributed by atoms with Gasteiger partial charge in [0.1, 0.15) is 11.5 Å². The van der Waals surface area contributed by atoms with Gasteiger partial charge in [-0.05, 0) is 12.8 Å². The van der Waals surface area contributed by atoms with Gasteiger partial charge in [-0.25, -0.2) is 0 Å². The Hall–Kier alpha value is -1.71. The number of rotatable bonds is 3. The summed E-state index contributed by atoms with van der Waals surface area (Å²) in [5, 5.41) is 0. The Morgan fingerprint density at radius 1 is 1.00 bits per heavy atom. The van der Waals surface area contributed by atoms with E-state index in [1.165, 1.54) is 0 Å². The van der Waals surface area contributed by atoms with Crippen molar-refractivity contribution >= 4 is 5.78 Å². The van der Waals surface area contributed by atoms with Crippen LogP contribution < -0.4 is 14.2 Å². The molecule has 1 aromatic rings. The van der Waals surface area contributed by atoms with Crippen LogP contribution in [-0.4, -0.2) is 27.1 Å². The maximum atomic E-state index is 11.8. The first kappa shape index (κ1) is 13.7.